The van der Waals surface area contributed by atoms with Crippen LogP contribution in [0, 0.1) is 11.8 Å². The fourth-order valence-electron chi connectivity index (χ4n) is 11.6. The molecule has 98 heavy (non-hydrogen) atoms. The molecule has 2 aliphatic carbocycles. The molecule has 0 radical (unpaired) electrons. The molecule has 522 valence electrons. The normalized spacial score (nSPS) is 18.7. The molecule has 3 aromatic rings. The van der Waals surface area contributed by atoms with E-state index in [9.17, 15) is 38.7 Å². The van der Waals surface area contributed by atoms with E-state index >= 15 is 0 Å². The summed E-state index contributed by atoms with van der Waals surface area (Å²) < 4.78 is 51.8. The first-order chi connectivity index (χ1) is 47.5. The molecule has 0 saturated carbocycles. The average Bonchev–Trinajstić information content (AvgIpc) is 1.63. The van der Waals surface area contributed by atoms with Gasteiger partial charge in [0.25, 0.3) is 11.8 Å². The fourth-order valence-corrected chi connectivity index (χ4v) is 11.6. The van der Waals surface area contributed by atoms with Crippen molar-refractivity contribution >= 4 is 64.8 Å². The number of nitrogens with one attached hydrogen (secondary N) is 4. The molecule has 0 aromatic heterocycles. The largest absolute Gasteiger partial charge is 0.493 e. The van der Waals surface area contributed by atoms with Crippen LogP contribution >= 0.6 is 0 Å². The van der Waals surface area contributed by atoms with Crippen LogP contribution in [0.15, 0.2) is 149 Å². The van der Waals surface area contributed by atoms with Crippen molar-refractivity contribution in [2.45, 2.75) is 104 Å². The molecule has 0 bridgehead atoms. The Morgan fingerprint density at radius 3 is 1.89 bits per heavy atom. The molecule has 6 aliphatic rings. The van der Waals surface area contributed by atoms with Crippen molar-refractivity contribution in [1.82, 2.24) is 25.8 Å². The van der Waals surface area contributed by atoms with E-state index in [1.807, 2.05) is 68.7 Å². The Labute approximate surface area is 570 Å². The van der Waals surface area contributed by atoms with E-state index in [-0.39, 0.29) is 105 Å². The third-order valence-corrected chi connectivity index (χ3v) is 16.8. The maximum atomic E-state index is 14.4. The van der Waals surface area contributed by atoms with E-state index in [2.05, 4.69) is 38.4 Å². The molecule has 5 N–H and O–H groups in total. The van der Waals surface area contributed by atoms with Crippen LogP contribution in [0.5, 0.6) is 23.0 Å². The second-order valence-corrected chi connectivity index (χ2v) is 24.1. The van der Waals surface area contributed by atoms with Crippen LogP contribution in [0.25, 0.3) is 0 Å². The highest BCUT2D eigenvalue weighted by Crippen LogP contribution is 2.45. The molecule has 3 aromatic carbocycles. The number of nitrogens with zero attached hydrogens (tertiary/aromatic N) is 4. The average molecular weight is 1350 g/mol. The van der Waals surface area contributed by atoms with Gasteiger partial charge in [0.2, 0.25) is 23.6 Å². The Balaban J connectivity index is 0.689. The number of methoxy groups -OCH3 is 2. The first-order valence-corrected chi connectivity index (χ1v) is 33.0. The molecule has 0 spiro atoms. The zero-order chi connectivity index (χ0) is 69.7. The summed E-state index contributed by atoms with van der Waals surface area (Å²) in [5.41, 5.74) is 6.01. The van der Waals surface area contributed by atoms with Gasteiger partial charge in [0.1, 0.15) is 18.7 Å². The van der Waals surface area contributed by atoms with Crippen LogP contribution in [-0.2, 0) is 49.5 Å². The van der Waals surface area contributed by atoms with E-state index < -0.39 is 54.1 Å². The second-order valence-electron chi connectivity index (χ2n) is 24.1. The maximum Gasteiger partial charge on any atom is 0.416 e. The molecule has 25 heteroatoms. The number of carbonyl (C=O) groups is 7. The number of hydrogen-bond donors (Lipinski definition) is 5. The van der Waals surface area contributed by atoms with Crippen molar-refractivity contribution in [1.29, 1.82) is 0 Å². The van der Waals surface area contributed by atoms with Gasteiger partial charge in [-0.05, 0) is 91.7 Å². The van der Waals surface area contributed by atoms with Crippen LogP contribution in [0.4, 0.5) is 21.9 Å². The van der Waals surface area contributed by atoms with Crippen molar-refractivity contribution in [2.24, 2.45) is 16.8 Å². The Morgan fingerprint density at radius 2 is 1.26 bits per heavy atom. The minimum Gasteiger partial charge on any atom is -0.493 e. The standard InChI is InChI=1S/C73H88N8O17/c1-8-15-49-35-52-42-75-58-40-63(61(90-6)37-56(58)70(86)79(52)43-49)96-25-14-26-97-64-41-59-57(38-62(64)91-7)71(87)80-44-50(16-9-2)36-60(80)72(88)81(59)73(89)98-45-48-19-21-51(22-20-48)77-68(84)47(5)76-69(85)67(46(3)4)78-65(82)23-27-92-29-31-94-33-34-95-32-30-93-28-24-74-66(83)39-55-53-17-12-10-11-13-18-54(53)55/h8-13,15-22,37-38,40-44,46-47,52,55,60,67,72,88H,14,23-36,39,45H2,1-7H3,(H,74,83)(H,76,85)(H,77,84)(H,78,82)/b11-10?,12-10?,13-11?,15-8+,16-9+,17-12?,18-13?,53-17?,54-18?/t47-,52-,55?,60-,67-,72-/m0/s1. The number of benzene rings is 3. The first-order valence-electron chi connectivity index (χ1n) is 33.0. The lowest BCUT2D eigenvalue weighted by atomic mass is 10.0. The Bertz CT molecular complexity index is 3660. The van der Waals surface area contributed by atoms with Gasteiger partial charge in [0.05, 0.1) is 115 Å². The van der Waals surface area contributed by atoms with Gasteiger partial charge in [0, 0.05) is 68.2 Å². The van der Waals surface area contributed by atoms with Gasteiger partial charge in [0.15, 0.2) is 29.2 Å². The molecule has 25 nitrogen and oxygen atoms in total. The van der Waals surface area contributed by atoms with Crippen molar-refractivity contribution < 1.29 is 81.3 Å². The second kappa shape index (κ2) is 35.5. The van der Waals surface area contributed by atoms with Gasteiger partial charge >= 0.3 is 6.09 Å². The number of aliphatic hydroxyl groups is 1. The molecule has 5 atom stereocenters. The molecule has 4 aliphatic heterocycles. The number of anilines is 2. The van der Waals surface area contributed by atoms with Gasteiger partial charge in [-0.15, -0.1) is 0 Å². The monoisotopic (exact) mass is 1350 g/mol. The third-order valence-electron chi connectivity index (χ3n) is 16.8. The summed E-state index contributed by atoms with van der Waals surface area (Å²) in [4.78, 5) is 103. The number of allylic oxidation sites excluding steroid dienone is 12. The predicted molar refractivity (Wildman–Crippen MR) is 366 cm³/mol. The van der Waals surface area contributed by atoms with Crippen LogP contribution < -0.4 is 45.1 Å². The lowest BCUT2D eigenvalue weighted by Gasteiger charge is -2.31. The zero-order valence-corrected chi connectivity index (χ0v) is 56.5. The lowest BCUT2D eigenvalue weighted by Crippen LogP contribution is -2.53. The molecular weight excluding hydrogens is 1260 g/mol. The van der Waals surface area contributed by atoms with Crippen molar-refractivity contribution in [2.75, 3.05) is 97.0 Å². The van der Waals surface area contributed by atoms with Gasteiger partial charge in [-0.25, -0.2) is 9.69 Å². The molecule has 9 rings (SSSR count). The summed E-state index contributed by atoms with van der Waals surface area (Å²) in [5.74, 6) is -1.21. The van der Waals surface area contributed by atoms with Gasteiger partial charge in [-0.3, -0.25) is 33.8 Å². The quantitative estimate of drug-likeness (QED) is 0.0346. The van der Waals surface area contributed by atoms with E-state index in [1.165, 1.54) is 49.3 Å². The number of amides is 7. The highest BCUT2D eigenvalue weighted by molar-refractivity contribution is 6.07. The van der Waals surface area contributed by atoms with Gasteiger partial charge < -0.3 is 78.8 Å². The Morgan fingerprint density at radius 1 is 0.663 bits per heavy atom. The van der Waals surface area contributed by atoms with Crippen molar-refractivity contribution in [3.63, 3.8) is 0 Å². The number of rotatable bonds is 35. The number of ether oxygens (including phenoxy) is 9. The van der Waals surface area contributed by atoms with Gasteiger partial charge in [-0.2, -0.15) is 0 Å². The molecule has 0 unspecified atom stereocenters. The third kappa shape index (κ3) is 19.1. The van der Waals surface area contributed by atoms with E-state index in [0.29, 0.717) is 92.8 Å². The van der Waals surface area contributed by atoms with Gasteiger partial charge in [-0.1, -0.05) is 86.7 Å². The molecular formula is C73H88N8O17. The summed E-state index contributed by atoms with van der Waals surface area (Å²) in [6, 6.07) is 9.65. The predicted octanol–water partition coefficient (Wildman–Crippen LogP) is 8.25. The van der Waals surface area contributed by atoms with E-state index in [0.717, 1.165) is 16.0 Å². The number of carbonyl (C=O) groups excluding carboxylic acids is 7. The van der Waals surface area contributed by atoms with E-state index in [1.54, 1.807) is 67.6 Å². The summed E-state index contributed by atoms with van der Waals surface area (Å²) in [6.07, 6.45) is 23.9. The topological polar surface area (TPSA) is 293 Å². The Hall–Kier alpha value is -9.66. The SMILES string of the molecule is C/C=C/C1=CN2C(=O)c3cc(OC)c(OCCCOc4cc5c(cc4OC)C(=O)N4C=C(/C=C/C)C[C@H]4[C@H](O)N5C(=O)OCc4ccc(NC(=O)[C@H](C)NC(=O)[C@@H](NC(=O)CCOCCOCCOCCOCCNC(=O)CC5C6=C5C=CC=CC=C6)C(C)C)cc4)cc3N=C[C@@H]2C1. The summed E-state index contributed by atoms with van der Waals surface area (Å²) in [7, 11) is 2.91. The van der Waals surface area contributed by atoms with Crippen LogP contribution in [0.1, 0.15) is 93.0 Å². The van der Waals surface area contributed by atoms with Crippen molar-refractivity contribution in [3.05, 3.63) is 161 Å². The summed E-state index contributed by atoms with van der Waals surface area (Å²) >= 11 is 0. The van der Waals surface area contributed by atoms with Crippen LogP contribution in [0.3, 0.4) is 0 Å². The number of aliphatic imine (C=N–C) groups is 1. The highest BCUT2D eigenvalue weighted by atomic mass is 16.6. The smallest absolute Gasteiger partial charge is 0.416 e. The van der Waals surface area contributed by atoms with Crippen molar-refractivity contribution in [3.8, 4) is 23.0 Å². The minimum atomic E-state index is -1.58. The fraction of sp³-hybridized carbons (Fsp3) is 0.425. The molecule has 0 fully saturated rings. The minimum absolute atomic E-state index is 0.00798. The number of hydrogen-bond acceptors (Lipinski definition) is 18. The molecule has 0 saturated heterocycles. The zero-order valence-electron chi connectivity index (χ0n) is 56.5. The van der Waals surface area contributed by atoms with Crippen LogP contribution in [0.2, 0.25) is 0 Å². The lowest BCUT2D eigenvalue weighted by molar-refractivity contribution is -0.132. The highest BCUT2D eigenvalue weighted by Gasteiger charge is 2.46. The number of fused-ring (bicyclic) bond motifs is 4. The first kappa shape index (κ1) is 72.6. The van der Waals surface area contributed by atoms with Crippen LogP contribution in [-0.4, -0.2) is 180 Å². The summed E-state index contributed by atoms with van der Waals surface area (Å²) in [6.45, 7) is 11.7. The van der Waals surface area contributed by atoms with E-state index in [4.69, 9.17) is 42.6 Å². The maximum absolute atomic E-state index is 14.4. The molecule has 7 amide bonds. The molecule has 4 heterocycles. The summed E-state index contributed by atoms with van der Waals surface area (Å²) in [5, 5.41) is 23.2. The number of aliphatic hydroxyl groups excluding tert-OH is 1. The Kier molecular flexibility index (Phi) is 26.3.